The number of anilines is 2. The SMILES string of the molecule is CN(C)C1CCNCC1.[C-]#[N+]c1ccc(N2N=C3c4ccc(C(=O)N5CCC(N(C)C)CC5)nc4CCC3C2C2CCCC2)cc1Cl.[C-]#[N+]c1ccc(N2N=C3c4ccc(C(=O)O)nc4CCC3C2C2CCCC2)cc1Cl. The van der Waals surface area contributed by atoms with Gasteiger partial charge in [0.2, 0.25) is 11.4 Å². The molecule has 8 aliphatic rings. The Labute approximate surface area is 464 Å². The molecule has 4 atom stereocenters. The lowest BCUT2D eigenvalue weighted by Gasteiger charge is -2.35. The highest BCUT2D eigenvalue weighted by molar-refractivity contribution is 6.34. The van der Waals surface area contributed by atoms with E-state index in [2.05, 4.69) is 74.1 Å². The summed E-state index contributed by atoms with van der Waals surface area (Å²) in [4.78, 5) is 47.5. The smallest absolute Gasteiger partial charge is 0.354 e. The minimum absolute atomic E-state index is 0.0421. The summed E-state index contributed by atoms with van der Waals surface area (Å²) in [6, 6.07) is 20.5. The number of hydrogen-bond donors (Lipinski definition) is 2. The van der Waals surface area contributed by atoms with Gasteiger partial charge in [0.25, 0.3) is 5.91 Å². The van der Waals surface area contributed by atoms with Crippen LogP contribution in [0.15, 0.2) is 70.9 Å². The van der Waals surface area contributed by atoms with E-state index in [1.54, 1.807) is 18.2 Å². The van der Waals surface area contributed by atoms with Crippen molar-refractivity contribution in [2.24, 2.45) is 33.9 Å². The molecular weight excluding hydrogens is 1010 g/mol. The van der Waals surface area contributed by atoms with E-state index in [0.29, 0.717) is 50.9 Å². The van der Waals surface area contributed by atoms with Gasteiger partial charge in [0.15, 0.2) is 0 Å². The molecule has 2 N–H and O–H groups in total. The Morgan fingerprint density at radius 3 is 1.47 bits per heavy atom. The number of amides is 1. The number of pyridine rings is 2. The lowest BCUT2D eigenvalue weighted by atomic mass is 9.76. The number of benzene rings is 2. The van der Waals surface area contributed by atoms with Crippen LogP contribution in [0.4, 0.5) is 22.7 Å². The fraction of sp³-hybridized carbons (Fsp3) is 0.533. The van der Waals surface area contributed by atoms with Gasteiger partial charge in [-0.25, -0.2) is 24.5 Å². The summed E-state index contributed by atoms with van der Waals surface area (Å²) in [6.45, 7) is 18.6. The summed E-state index contributed by atoms with van der Waals surface area (Å²) in [7, 11) is 8.55. The van der Waals surface area contributed by atoms with Crippen molar-refractivity contribution < 1.29 is 14.7 Å². The fourth-order valence-corrected chi connectivity index (χ4v) is 14.0. The number of aromatic nitrogens is 2. The van der Waals surface area contributed by atoms with Crippen molar-refractivity contribution in [2.45, 2.75) is 127 Å². The molecule has 2 aromatic heterocycles. The molecule has 4 unspecified atom stereocenters. The number of halogens is 2. The summed E-state index contributed by atoms with van der Waals surface area (Å²) in [6.07, 6.45) is 18.0. The van der Waals surface area contributed by atoms with Crippen molar-refractivity contribution in [3.63, 3.8) is 0 Å². The molecule has 4 fully saturated rings. The standard InChI is InChI=1S/C30H35ClN6O.C23H21ClN4O2.C7H16N2/c1-32-26-11-8-21(18-24(26)31)37-29(19-6-4-5-7-19)23-10-12-25-22(28(23)34-37)9-13-27(33-25)30(38)36-16-14-20(15-17-36)35(2)3;1-25-19-9-6-14(12-17(19)24)28-22(13-4-2-3-5-13)16-8-10-18-15(21(16)27-28)7-11-20(26-18)23(29)30;1-9(2)7-3-5-8-6-4-7/h8-9,11,13,18-20,23,29H,4-7,10,12,14-17H2,2-3H3;6-7,9,11-13,16,22H,2-5,8,10H2,(H,29,30);7-8H,3-6H2,1-2H3. The second kappa shape index (κ2) is 24.0. The summed E-state index contributed by atoms with van der Waals surface area (Å²) >= 11 is 12.8. The lowest BCUT2D eigenvalue weighted by Crippen LogP contribution is -2.44. The Balaban J connectivity index is 0.000000153. The number of likely N-dealkylation sites (tertiary alicyclic amines) is 1. The van der Waals surface area contributed by atoms with Crippen LogP contribution in [0.3, 0.4) is 0 Å². The molecule has 17 heteroatoms. The third-order valence-electron chi connectivity index (χ3n) is 17.8. The van der Waals surface area contributed by atoms with E-state index in [4.69, 9.17) is 51.5 Å². The summed E-state index contributed by atoms with van der Waals surface area (Å²) in [5.41, 5.74) is 9.34. The average Bonchev–Trinajstić information content (AvgIpc) is 4.35. The molecular formula is C60H72Cl2N12O3. The number of piperidine rings is 2. The monoisotopic (exact) mass is 1080 g/mol. The topological polar surface area (TPSA) is 142 Å². The third kappa shape index (κ3) is 11.5. The van der Waals surface area contributed by atoms with Gasteiger partial charge in [0, 0.05) is 58.2 Å². The maximum absolute atomic E-state index is 13.3. The zero-order valence-corrected chi connectivity index (χ0v) is 46.5. The van der Waals surface area contributed by atoms with E-state index in [1.807, 2.05) is 41.3 Å². The Morgan fingerprint density at radius 1 is 0.610 bits per heavy atom. The van der Waals surface area contributed by atoms with Crippen molar-refractivity contribution in [1.82, 2.24) is 30.0 Å². The van der Waals surface area contributed by atoms with Gasteiger partial charge in [-0.2, -0.15) is 10.2 Å². The van der Waals surface area contributed by atoms with Crippen LogP contribution in [0.5, 0.6) is 0 Å². The Kier molecular flexibility index (Phi) is 16.9. The number of aryl methyl sites for hydroxylation is 2. The lowest BCUT2D eigenvalue weighted by molar-refractivity contribution is 0.0655. The Hall–Kier alpha value is -5.94. The number of rotatable bonds is 8. The van der Waals surface area contributed by atoms with E-state index in [1.165, 1.54) is 77.3 Å². The van der Waals surface area contributed by atoms with E-state index < -0.39 is 5.97 Å². The van der Waals surface area contributed by atoms with Crippen molar-refractivity contribution >= 4 is 69.3 Å². The van der Waals surface area contributed by atoms with Crippen LogP contribution in [0, 0.1) is 36.8 Å². The number of carboxylic acid groups (broad SMARTS) is 1. The molecule has 1 amide bonds. The second-order valence-corrected chi connectivity index (χ2v) is 23.4. The zero-order chi connectivity index (χ0) is 53.9. The number of nitrogens with one attached hydrogen (secondary N) is 1. The highest BCUT2D eigenvalue weighted by Crippen LogP contribution is 2.47. The zero-order valence-electron chi connectivity index (χ0n) is 45.0. The number of hydrogen-bond acceptors (Lipinski definition) is 11. The highest BCUT2D eigenvalue weighted by atomic mass is 35.5. The van der Waals surface area contributed by atoms with Crippen LogP contribution in [0.1, 0.15) is 133 Å². The number of nitrogens with zero attached hydrogens (tertiary/aromatic N) is 11. The van der Waals surface area contributed by atoms with E-state index in [-0.39, 0.29) is 29.6 Å². The normalized spacial score (nSPS) is 23.4. The molecule has 0 bridgehead atoms. The molecule has 0 radical (unpaired) electrons. The van der Waals surface area contributed by atoms with Gasteiger partial charge in [-0.15, -0.1) is 0 Å². The quantitative estimate of drug-likeness (QED) is 0.164. The number of fused-ring (bicyclic) bond motifs is 6. The van der Waals surface area contributed by atoms with E-state index in [0.717, 1.165) is 103 Å². The van der Waals surface area contributed by atoms with Gasteiger partial charge < -0.3 is 25.1 Å². The molecule has 77 heavy (non-hydrogen) atoms. The summed E-state index contributed by atoms with van der Waals surface area (Å²) in [5, 5.41) is 28.1. The first-order chi connectivity index (χ1) is 37.3. The molecule has 15 nitrogen and oxygen atoms in total. The largest absolute Gasteiger partial charge is 0.477 e. The van der Waals surface area contributed by atoms with Gasteiger partial charge in [-0.3, -0.25) is 14.8 Å². The number of aromatic carboxylic acids is 1. The maximum Gasteiger partial charge on any atom is 0.354 e. The van der Waals surface area contributed by atoms with Crippen LogP contribution in [-0.2, 0) is 12.8 Å². The predicted molar refractivity (Wildman–Crippen MR) is 306 cm³/mol. The molecule has 4 aromatic rings. The summed E-state index contributed by atoms with van der Waals surface area (Å²) < 4.78 is 0. The van der Waals surface area contributed by atoms with Crippen molar-refractivity contribution in [3.8, 4) is 0 Å². The molecule has 4 aliphatic carbocycles. The highest BCUT2D eigenvalue weighted by Gasteiger charge is 2.48. The molecule has 4 aliphatic heterocycles. The number of carbonyl (C=O) groups excluding carboxylic acids is 1. The van der Waals surface area contributed by atoms with Crippen LogP contribution in [-0.4, -0.2) is 132 Å². The first-order valence-electron chi connectivity index (χ1n) is 28.0. The summed E-state index contributed by atoms with van der Waals surface area (Å²) in [5.74, 6) is 0.800. The van der Waals surface area contributed by atoms with E-state index >= 15 is 0 Å². The molecule has 2 aromatic carbocycles. The first-order valence-corrected chi connectivity index (χ1v) is 28.7. The minimum atomic E-state index is -1.01. The molecule has 12 rings (SSSR count). The van der Waals surface area contributed by atoms with Crippen molar-refractivity contribution in [1.29, 1.82) is 0 Å². The van der Waals surface area contributed by atoms with Gasteiger partial charge in [-0.1, -0.05) is 61.0 Å². The molecule has 404 valence electrons. The fourth-order valence-electron chi connectivity index (χ4n) is 13.6. The van der Waals surface area contributed by atoms with Crippen LogP contribution >= 0.6 is 23.2 Å². The second-order valence-electron chi connectivity index (χ2n) is 22.6. The van der Waals surface area contributed by atoms with Crippen molar-refractivity contribution in [3.05, 3.63) is 127 Å². The van der Waals surface area contributed by atoms with Crippen molar-refractivity contribution in [2.75, 3.05) is 64.4 Å². The van der Waals surface area contributed by atoms with Crippen LogP contribution in [0.25, 0.3) is 9.69 Å². The van der Waals surface area contributed by atoms with Gasteiger partial charge >= 0.3 is 5.97 Å². The molecule has 6 heterocycles. The van der Waals surface area contributed by atoms with E-state index in [9.17, 15) is 14.7 Å². The predicted octanol–water partition coefficient (Wildman–Crippen LogP) is 11.4. The van der Waals surface area contributed by atoms with Crippen LogP contribution in [0.2, 0.25) is 10.0 Å². The first kappa shape index (κ1) is 54.4. The number of hydrazone groups is 2. The average molecular weight is 1080 g/mol. The number of carbonyl (C=O) groups is 2. The third-order valence-corrected chi connectivity index (χ3v) is 18.4. The maximum atomic E-state index is 13.3. The minimum Gasteiger partial charge on any atom is -0.477 e. The molecule has 0 spiro atoms. The Bertz CT molecular complexity index is 2980. The Morgan fingerprint density at radius 2 is 1.05 bits per heavy atom. The molecule has 2 saturated heterocycles. The number of carboxylic acids is 1. The van der Waals surface area contributed by atoms with Gasteiger partial charge in [-0.05, 0) is 179 Å². The van der Waals surface area contributed by atoms with Gasteiger partial charge in [0.1, 0.15) is 11.4 Å². The van der Waals surface area contributed by atoms with Gasteiger partial charge in [0.05, 0.1) is 59.4 Å². The molecule has 2 saturated carbocycles. The van der Waals surface area contributed by atoms with Crippen LogP contribution < -0.4 is 15.3 Å².